The summed E-state index contributed by atoms with van der Waals surface area (Å²) in [6, 6.07) is 16.8. The zero-order valence-electron chi connectivity index (χ0n) is 22.9. The first kappa shape index (κ1) is 27.6. The van der Waals surface area contributed by atoms with Gasteiger partial charge in [0.25, 0.3) is 0 Å². The quantitative estimate of drug-likeness (QED) is 0.238. The van der Waals surface area contributed by atoms with E-state index in [0.29, 0.717) is 25.4 Å². The molecule has 2 aromatic rings. The Hall–Kier alpha value is -3.60. The number of ketones is 1. The third-order valence-electron chi connectivity index (χ3n) is 9.00. The number of hydrogen-bond acceptors (Lipinski definition) is 7. The summed E-state index contributed by atoms with van der Waals surface area (Å²) < 4.78 is 0. The van der Waals surface area contributed by atoms with Crippen LogP contribution in [0, 0.1) is 5.92 Å². The molecule has 4 fully saturated rings. The van der Waals surface area contributed by atoms with Crippen LogP contribution in [0.15, 0.2) is 60.7 Å². The van der Waals surface area contributed by atoms with E-state index in [1.165, 1.54) is 0 Å². The molecule has 0 bridgehead atoms. The third kappa shape index (κ3) is 5.77. The van der Waals surface area contributed by atoms with Crippen LogP contribution in [0.1, 0.15) is 36.8 Å². The Morgan fingerprint density at radius 3 is 2.27 bits per heavy atom. The van der Waals surface area contributed by atoms with E-state index >= 15 is 0 Å². The number of fused-ring (bicyclic) bond motifs is 1. The Kier molecular flexibility index (Phi) is 7.63. The average Bonchev–Trinajstić information content (AvgIpc) is 3.67. The highest BCUT2D eigenvalue weighted by atomic mass is 16.4. The monoisotopic (exact) mass is 559 g/mol. The Balaban J connectivity index is 1.11. The molecule has 5 N–H and O–H groups in total. The molecule has 3 saturated heterocycles. The summed E-state index contributed by atoms with van der Waals surface area (Å²) in [4.78, 5) is 53.7. The number of aliphatic carboxylic acids is 1. The molecule has 1 saturated carbocycles. The topological polar surface area (TPSA) is 150 Å². The summed E-state index contributed by atoms with van der Waals surface area (Å²) in [7, 11) is 0. The van der Waals surface area contributed by atoms with Gasteiger partial charge in [0.2, 0.25) is 11.8 Å². The van der Waals surface area contributed by atoms with Crippen molar-refractivity contribution in [2.75, 3.05) is 13.1 Å². The fourth-order valence-electron chi connectivity index (χ4n) is 6.92. The number of carboxylic acids is 1. The number of Topliss-reactive ketones (excluding diaryl/α,β-unsaturated/α-hetero) is 1. The Morgan fingerprint density at radius 2 is 1.66 bits per heavy atom. The van der Waals surface area contributed by atoms with Crippen LogP contribution in [0.25, 0.3) is 0 Å². The first-order valence-electron chi connectivity index (χ1n) is 14.6. The van der Waals surface area contributed by atoms with Crippen molar-refractivity contribution in [3.63, 3.8) is 0 Å². The fraction of sp³-hybridized carbons (Fsp3) is 0.484. The second-order valence-electron chi connectivity index (χ2n) is 11.7. The number of amides is 2. The molecule has 0 spiro atoms. The predicted molar refractivity (Wildman–Crippen MR) is 151 cm³/mol. The minimum atomic E-state index is -1.11. The third-order valence-corrected chi connectivity index (χ3v) is 9.00. The minimum Gasteiger partial charge on any atom is -0.480 e. The molecule has 2 aromatic carbocycles. The summed E-state index contributed by atoms with van der Waals surface area (Å²) in [6.07, 6.45) is 3.02. The van der Waals surface area contributed by atoms with Crippen LogP contribution in [-0.4, -0.2) is 82.5 Å². The molecule has 1 aliphatic carbocycles. The standard InChI is InChI=1S/C31H37N5O5/c37-25(34-22(30(40)41)17-20-10-5-2-6-11-20)18-21(16-19-8-3-1-4-9-19)33-29(39)23-12-7-15-36(23)27-26(28(27)38)31-24(35-31)13-14-32-31/h1-6,8-11,21-24,26-27,32,35H,7,12-18H2,(H,33,39)(H,34,37)(H,40,41). The maximum Gasteiger partial charge on any atom is 0.326 e. The zero-order chi connectivity index (χ0) is 28.6. The van der Waals surface area contributed by atoms with Gasteiger partial charge < -0.3 is 15.7 Å². The molecular formula is C31H37N5O5. The molecule has 216 valence electrons. The van der Waals surface area contributed by atoms with Gasteiger partial charge in [0.05, 0.1) is 23.7 Å². The SMILES string of the molecule is O=C(CC(Cc1ccccc1)NC(=O)C1CCCN1C1C(=O)C1C12NCCC1N2)NC(Cc1ccccc1)C(=O)O. The second-order valence-corrected chi connectivity index (χ2v) is 11.7. The smallest absolute Gasteiger partial charge is 0.326 e. The van der Waals surface area contributed by atoms with Gasteiger partial charge in [-0.05, 0) is 49.9 Å². The van der Waals surface area contributed by atoms with Gasteiger partial charge in [-0.1, -0.05) is 60.7 Å². The lowest BCUT2D eigenvalue weighted by Crippen LogP contribution is -2.51. The number of benzene rings is 2. The van der Waals surface area contributed by atoms with E-state index in [1.54, 1.807) is 0 Å². The molecule has 10 heteroatoms. The zero-order valence-corrected chi connectivity index (χ0v) is 22.9. The number of carbonyl (C=O) groups is 4. The molecule has 10 nitrogen and oxygen atoms in total. The van der Waals surface area contributed by atoms with E-state index in [9.17, 15) is 24.3 Å². The van der Waals surface area contributed by atoms with Gasteiger partial charge in [-0.25, -0.2) is 4.79 Å². The van der Waals surface area contributed by atoms with Gasteiger partial charge in [0.1, 0.15) is 6.04 Å². The highest BCUT2D eigenvalue weighted by Gasteiger charge is 2.74. The summed E-state index contributed by atoms with van der Waals surface area (Å²) in [5.74, 6) is -1.68. The van der Waals surface area contributed by atoms with Gasteiger partial charge in [-0.15, -0.1) is 0 Å². The van der Waals surface area contributed by atoms with Gasteiger partial charge >= 0.3 is 5.97 Å². The molecule has 4 aliphatic rings. The van der Waals surface area contributed by atoms with Crippen molar-refractivity contribution in [1.29, 1.82) is 0 Å². The van der Waals surface area contributed by atoms with Crippen LogP contribution in [0.3, 0.4) is 0 Å². The number of hydrogen-bond donors (Lipinski definition) is 5. The maximum atomic E-state index is 13.6. The van der Waals surface area contributed by atoms with E-state index in [4.69, 9.17) is 0 Å². The summed E-state index contributed by atoms with van der Waals surface area (Å²) >= 11 is 0. The molecule has 6 rings (SSSR count). The van der Waals surface area contributed by atoms with E-state index in [1.807, 2.05) is 65.6 Å². The maximum absolute atomic E-state index is 13.6. The molecule has 7 unspecified atom stereocenters. The average molecular weight is 560 g/mol. The highest BCUT2D eigenvalue weighted by molar-refractivity contribution is 6.05. The van der Waals surface area contributed by atoms with Crippen molar-refractivity contribution in [2.24, 2.45) is 5.92 Å². The predicted octanol–water partition coefficient (Wildman–Crippen LogP) is 0.609. The molecule has 2 amide bonds. The lowest BCUT2D eigenvalue weighted by molar-refractivity contribution is -0.142. The number of carboxylic acid groups (broad SMARTS) is 1. The number of likely N-dealkylation sites (tertiary alicyclic amines) is 1. The van der Waals surface area contributed by atoms with Gasteiger partial charge in [-0.3, -0.25) is 29.9 Å². The lowest BCUT2D eigenvalue weighted by Gasteiger charge is -2.27. The van der Waals surface area contributed by atoms with E-state index in [-0.39, 0.29) is 42.2 Å². The number of carbonyl (C=O) groups excluding carboxylic acids is 3. The first-order valence-corrected chi connectivity index (χ1v) is 14.6. The molecular weight excluding hydrogens is 522 g/mol. The highest BCUT2D eigenvalue weighted by Crippen LogP contribution is 2.51. The fourth-order valence-corrected chi connectivity index (χ4v) is 6.92. The molecule has 41 heavy (non-hydrogen) atoms. The van der Waals surface area contributed by atoms with Gasteiger partial charge in [0.15, 0.2) is 5.78 Å². The minimum absolute atomic E-state index is 0.0600. The van der Waals surface area contributed by atoms with E-state index < -0.39 is 30.0 Å². The summed E-state index contributed by atoms with van der Waals surface area (Å²) in [5, 5.41) is 22.4. The molecule has 3 aliphatic heterocycles. The van der Waals surface area contributed by atoms with Crippen molar-refractivity contribution in [3.05, 3.63) is 71.8 Å². The van der Waals surface area contributed by atoms with Gasteiger partial charge in [0, 0.05) is 24.9 Å². The van der Waals surface area contributed by atoms with Crippen LogP contribution in [0.5, 0.6) is 0 Å². The van der Waals surface area contributed by atoms with Crippen molar-refractivity contribution < 1.29 is 24.3 Å². The van der Waals surface area contributed by atoms with Crippen molar-refractivity contribution in [2.45, 2.75) is 74.4 Å². The molecule has 0 aromatic heterocycles. The summed E-state index contributed by atoms with van der Waals surface area (Å²) in [5.41, 5.74) is 1.48. The Bertz CT molecular complexity index is 1310. The Morgan fingerprint density at radius 1 is 0.976 bits per heavy atom. The van der Waals surface area contributed by atoms with Crippen LogP contribution in [0.4, 0.5) is 0 Å². The lowest BCUT2D eigenvalue weighted by atomic mass is 10.0. The van der Waals surface area contributed by atoms with Crippen LogP contribution in [-0.2, 0) is 32.0 Å². The van der Waals surface area contributed by atoms with Crippen LogP contribution >= 0.6 is 0 Å². The van der Waals surface area contributed by atoms with E-state index in [2.05, 4.69) is 21.3 Å². The van der Waals surface area contributed by atoms with Crippen LogP contribution in [0.2, 0.25) is 0 Å². The number of nitrogens with zero attached hydrogens (tertiary/aromatic N) is 1. The molecule has 0 radical (unpaired) electrons. The normalized spacial score (nSPS) is 29.8. The summed E-state index contributed by atoms with van der Waals surface area (Å²) in [6.45, 7) is 1.59. The van der Waals surface area contributed by atoms with E-state index in [0.717, 1.165) is 30.5 Å². The van der Waals surface area contributed by atoms with Crippen molar-refractivity contribution in [3.8, 4) is 0 Å². The number of rotatable bonds is 12. The van der Waals surface area contributed by atoms with Crippen molar-refractivity contribution in [1.82, 2.24) is 26.2 Å². The molecule has 3 heterocycles. The largest absolute Gasteiger partial charge is 0.480 e. The molecule has 7 atom stereocenters. The number of nitrogens with one attached hydrogen (secondary N) is 4. The second kappa shape index (κ2) is 11.3. The first-order chi connectivity index (χ1) is 19.9. The van der Waals surface area contributed by atoms with Crippen LogP contribution < -0.4 is 21.3 Å². The van der Waals surface area contributed by atoms with Crippen molar-refractivity contribution >= 4 is 23.6 Å². The Labute approximate surface area is 239 Å². The van der Waals surface area contributed by atoms with Gasteiger partial charge in [-0.2, -0.15) is 0 Å².